The number of ether oxygens (including phenoxy) is 1. The minimum absolute atomic E-state index is 0.126. The van der Waals surface area contributed by atoms with Crippen molar-refractivity contribution in [3.05, 3.63) is 63.6 Å². The maximum Gasteiger partial charge on any atom is 0.392 e. The van der Waals surface area contributed by atoms with Crippen LogP contribution in [0.15, 0.2) is 42.5 Å². The highest BCUT2D eigenvalue weighted by Gasteiger charge is 2.45. The van der Waals surface area contributed by atoms with E-state index in [1.54, 1.807) is 12.1 Å². The number of rotatable bonds is 8. The molecule has 0 aromatic heterocycles. The molecule has 0 heterocycles. The Labute approximate surface area is 195 Å². The highest BCUT2D eigenvalue weighted by Crippen LogP contribution is 2.39. The fraction of sp³-hybridized carbons (Fsp3) is 0.391. The maximum absolute atomic E-state index is 13.5. The molecule has 2 rings (SSSR count). The first-order valence-electron chi connectivity index (χ1n) is 9.97. The number of halogens is 5. The Morgan fingerprint density at radius 3 is 2.19 bits per heavy atom. The lowest BCUT2D eigenvalue weighted by molar-refractivity contribution is -0.178. The summed E-state index contributed by atoms with van der Waals surface area (Å²) in [5, 5.41) is 3.06. The third-order valence-corrected chi connectivity index (χ3v) is 5.96. The van der Waals surface area contributed by atoms with Gasteiger partial charge in [-0.3, -0.25) is 9.59 Å². The highest BCUT2D eigenvalue weighted by molar-refractivity contribution is 6.33. The summed E-state index contributed by atoms with van der Waals surface area (Å²) in [6.07, 6.45) is -3.86. The highest BCUT2D eigenvalue weighted by atomic mass is 35.5. The van der Waals surface area contributed by atoms with Gasteiger partial charge in [-0.1, -0.05) is 55.2 Å². The van der Waals surface area contributed by atoms with E-state index in [0.717, 1.165) is 6.92 Å². The largest absolute Gasteiger partial charge is 0.469 e. The molecule has 0 saturated heterocycles. The number of anilines is 1. The van der Waals surface area contributed by atoms with Gasteiger partial charge in [-0.2, -0.15) is 13.2 Å². The molecule has 0 fully saturated rings. The Kier molecular flexibility index (Phi) is 8.98. The molecule has 0 radical (unpaired) electrons. The summed E-state index contributed by atoms with van der Waals surface area (Å²) in [5.41, 5.74) is 1.07. The monoisotopic (exact) mass is 489 g/mol. The average Bonchev–Trinajstić information content (AvgIpc) is 2.74. The SMILES string of the molecule is CCC(CC(=O)OC)c1ccc(Cl)c(NC(=O)[C@H](c2ccc(Cl)cc2)[C@@H](C)C(F)(F)F)c1. The van der Waals surface area contributed by atoms with Gasteiger partial charge in [0.25, 0.3) is 0 Å². The van der Waals surface area contributed by atoms with E-state index in [1.807, 2.05) is 6.92 Å². The number of nitrogens with one attached hydrogen (secondary N) is 1. The number of hydrogen-bond donors (Lipinski definition) is 1. The van der Waals surface area contributed by atoms with E-state index in [1.165, 1.54) is 37.4 Å². The van der Waals surface area contributed by atoms with Crippen molar-refractivity contribution in [3.8, 4) is 0 Å². The number of methoxy groups -OCH3 is 1. The molecule has 32 heavy (non-hydrogen) atoms. The van der Waals surface area contributed by atoms with Gasteiger partial charge in [-0.15, -0.1) is 0 Å². The van der Waals surface area contributed by atoms with Gasteiger partial charge in [0.15, 0.2) is 0 Å². The third kappa shape index (κ3) is 6.62. The molecule has 0 aliphatic carbocycles. The number of benzene rings is 2. The van der Waals surface area contributed by atoms with E-state index >= 15 is 0 Å². The van der Waals surface area contributed by atoms with Crippen LogP contribution in [0, 0.1) is 5.92 Å². The van der Waals surface area contributed by atoms with Crippen LogP contribution in [0.5, 0.6) is 0 Å². The van der Waals surface area contributed by atoms with Crippen LogP contribution in [-0.4, -0.2) is 25.2 Å². The van der Waals surface area contributed by atoms with E-state index in [2.05, 4.69) is 5.32 Å². The lowest BCUT2D eigenvalue weighted by atomic mass is 9.85. The smallest absolute Gasteiger partial charge is 0.392 e. The molecule has 0 spiro atoms. The topological polar surface area (TPSA) is 55.4 Å². The van der Waals surface area contributed by atoms with Crippen LogP contribution in [0.2, 0.25) is 10.0 Å². The normalized spacial score (nSPS) is 14.4. The molecule has 9 heteroatoms. The maximum atomic E-state index is 13.5. The van der Waals surface area contributed by atoms with Crippen LogP contribution in [0.25, 0.3) is 0 Å². The van der Waals surface area contributed by atoms with Crippen LogP contribution in [0.4, 0.5) is 18.9 Å². The van der Waals surface area contributed by atoms with Crippen LogP contribution >= 0.6 is 23.2 Å². The van der Waals surface area contributed by atoms with E-state index < -0.39 is 23.9 Å². The van der Waals surface area contributed by atoms with E-state index in [9.17, 15) is 22.8 Å². The van der Waals surface area contributed by atoms with Gasteiger partial charge in [0, 0.05) is 5.02 Å². The molecular weight excluding hydrogens is 466 g/mol. The number of esters is 1. The molecule has 0 bridgehead atoms. The van der Waals surface area contributed by atoms with Crippen LogP contribution in [0.1, 0.15) is 49.7 Å². The molecule has 4 nitrogen and oxygen atoms in total. The molecule has 0 aliphatic heterocycles. The van der Waals surface area contributed by atoms with Crippen LogP contribution in [-0.2, 0) is 14.3 Å². The zero-order valence-corrected chi connectivity index (χ0v) is 19.3. The predicted molar refractivity (Wildman–Crippen MR) is 119 cm³/mol. The van der Waals surface area contributed by atoms with Crippen molar-refractivity contribution in [2.45, 2.75) is 44.7 Å². The van der Waals surface area contributed by atoms with Crippen molar-refractivity contribution < 1.29 is 27.5 Å². The minimum Gasteiger partial charge on any atom is -0.469 e. The lowest BCUT2D eigenvalue weighted by Crippen LogP contribution is -2.34. The van der Waals surface area contributed by atoms with Crippen LogP contribution in [0.3, 0.4) is 0 Å². The van der Waals surface area contributed by atoms with Gasteiger partial charge >= 0.3 is 12.1 Å². The van der Waals surface area contributed by atoms with Crippen molar-refractivity contribution >= 4 is 40.8 Å². The number of hydrogen-bond acceptors (Lipinski definition) is 3. The molecule has 1 unspecified atom stereocenters. The Balaban J connectivity index is 2.38. The van der Waals surface area contributed by atoms with Gasteiger partial charge < -0.3 is 10.1 Å². The Hall–Kier alpha value is -2.25. The quantitative estimate of drug-likeness (QED) is 0.407. The van der Waals surface area contributed by atoms with Crippen LogP contribution < -0.4 is 5.32 Å². The number of amides is 1. The summed E-state index contributed by atoms with van der Waals surface area (Å²) in [4.78, 5) is 24.7. The van der Waals surface area contributed by atoms with Crippen molar-refractivity contribution in [2.24, 2.45) is 5.92 Å². The average molecular weight is 490 g/mol. The zero-order chi connectivity index (χ0) is 24.1. The third-order valence-electron chi connectivity index (χ3n) is 5.38. The first-order chi connectivity index (χ1) is 15.0. The second-order valence-electron chi connectivity index (χ2n) is 7.47. The van der Waals surface area contributed by atoms with E-state index in [-0.39, 0.29) is 34.6 Å². The second kappa shape index (κ2) is 11.1. The molecule has 1 N–H and O–H groups in total. The first-order valence-corrected chi connectivity index (χ1v) is 10.7. The molecule has 0 aliphatic rings. The molecule has 2 aromatic carbocycles. The summed E-state index contributed by atoms with van der Waals surface area (Å²) in [6.45, 7) is 2.85. The molecular formula is C23H24Cl2F3NO3. The van der Waals surface area contributed by atoms with Gasteiger partial charge in [0.2, 0.25) is 5.91 Å². The van der Waals surface area contributed by atoms with E-state index in [4.69, 9.17) is 27.9 Å². The Morgan fingerprint density at radius 1 is 1.06 bits per heavy atom. The second-order valence-corrected chi connectivity index (χ2v) is 8.32. The van der Waals surface area contributed by atoms with E-state index in [0.29, 0.717) is 17.0 Å². The molecule has 0 saturated carbocycles. The molecule has 174 valence electrons. The number of carbonyl (C=O) groups excluding carboxylic acids is 2. The summed E-state index contributed by atoms with van der Waals surface area (Å²) < 4.78 is 45.3. The van der Waals surface area contributed by atoms with Crippen molar-refractivity contribution in [1.29, 1.82) is 0 Å². The van der Waals surface area contributed by atoms with Gasteiger partial charge in [-0.05, 0) is 47.7 Å². The van der Waals surface area contributed by atoms with Crippen molar-refractivity contribution in [3.63, 3.8) is 0 Å². The standard InChI is InChI=1S/C23H24Cl2F3NO3/c1-4-14(12-20(30)32-3)16-7-10-18(25)19(11-16)29-22(31)21(13(2)23(26,27)28)15-5-8-17(24)9-6-15/h5-11,13-14,21H,4,12H2,1-3H3,(H,29,31)/t13-,14?,21+/m1/s1. The van der Waals surface area contributed by atoms with Gasteiger partial charge in [0.1, 0.15) is 0 Å². The van der Waals surface area contributed by atoms with Gasteiger partial charge in [0.05, 0.1) is 36.1 Å². The molecule has 3 atom stereocenters. The van der Waals surface area contributed by atoms with Crippen molar-refractivity contribution in [2.75, 3.05) is 12.4 Å². The first kappa shape index (κ1) is 26.0. The van der Waals surface area contributed by atoms with Crippen molar-refractivity contribution in [1.82, 2.24) is 0 Å². The summed E-state index contributed by atoms with van der Waals surface area (Å²) in [5.74, 6) is -4.90. The molecule has 1 amide bonds. The Morgan fingerprint density at radius 2 is 1.66 bits per heavy atom. The summed E-state index contributed by atoms with van der Waals surface area (Å²) in [6, 6.07) is 10.5. The lowest BCUT2D eigenvalue weighted by Gasteiger charge is -2.26. The fourth-order valence-corrected chi connectivity index (χ4v) is 3.70. The van der Waals surface area contributed by atoms with Gasteiger partial charge in [-0.25, -0.2) is 0 Å². The summed E-state index contributed by atoms with van der Waals surface area (Å²) >= 11 is 12.1. The number of alkyl halides is 3. The Bertz CT molecular complexity index is 948. The predicted octanol–water partition coefficient (Wildman–Crippen LogP) is 6.97. The summed E-state index contributed by atoms with van der Waals surface area (Å²) in [7, 11) is 1.29. The fourth-order valence-electron chi connectivity index (χ4n) is 3.41. The number of carbonyl (C=O) groups is 2. The minimum atomic E-state index is -4.60. The molecule has 2 aromatic rings. The zero-order valence-electron chi connectivity index (χ0n) is 17.8.